The molecule has 0 aromatic carbocycles. The summed E-state index contributed by atoms with van der Waals surface area (Å²) in [5.74, 6) is 0.432. The summed E-state index contributed by atoms with van der Waals surface area (Å²) in [4.78, 5) is 18.0. The van der Waals surface area contributed by atoms with Gasteiger partial charge in [-0.3, -0.25) is 4.90 Å². The topological polar surface area (TPSA) is 62.7 Å². The molecule has 0 aliphatic heterocycles. The van der Waals surface area contributed by atoms with Gasteiger partial charge in [0.15, 0.2) is 0 Å². The second-order valence-corrected chi connectivity index (χ2v) is 7.04. The summed E-state index contributed by atoms with van der Waals surface area (Å²) in [6.45, 7) is 8.68. The van der Waals surface area contributed by atoms with Crippen molar-refractivity contribution in [3.63, 3.8) is 0 Å². The molecule has 1 N–H and O–H groups in total. The van der Waals surface area contributed by atoms with Gasteiger partial charge in [-0.1, -0.05) is 0 Å². The fourth-order valence-corrected chi connectivity index (χ4v) is 1.76. The molecule has 0 aliphatic carbocycles. The summed E-state index contributed by atoms with van der Waals surface area (Å²) in [5, 5.41) is 9.54. The Hall–Kier alpha value is -1.14. The highest BCUT2D eigenvalue weighted by molar-refractivity contribution is 9.10. The third-order valence-corrected chi connectivity index (χ3v) is 2.98. The average Bonchev–Trinajstić information content (AvgIpc) is 2.29. The number of aromatic nitrogens is 1. The van der Waals surface area contributed by atoms with Crippen LogP contribution in [0.15, 0.2) is 22.8 Å². The number of pyridine rings is 1. The molecule has 1 aromatic heterocycles. The first-order valence-corrected chi connectivity index (χ1v) is 7.12. The van der Waals surface area contributed by atoms with Gasteiger partial charge in [0.1, 0.15) is 11.4 Å². The molecule has 0 saturated carbocycles. The van der Waals surface area contributed by atoms with Crippen LogP contribution in [0.1, 0.15) is 34.6 Å². The lowest BCUT2D eigenvalue weighted by Crippen LogP contribution is -2.52. The zero-order valence-corrected chi connectivity index (χ0v) is 14.1. The van der Waals surface area contributed by atoms with Gasteiger partial charge in [0.2, 0.25) is 0 Å². The molecule has 5 nitrogen and oxygen atoms in total. The number of nitrogens with zero attached hydrogens (tertiary/aromatic N) is 2. The van der Waals surface area contributed by atoms with Crippen molar-refractivity contribution >= 4 is 27.8 Å². The first-order valence-electron chi connectivity index (χ1n) is 6.32. The molecule has 0 unspecified atom stereocenters. The lowest BCUT2D eigenvalue weighted by molar-refractivity contribution is 0.0517. The third kappa shape index (κ3) is 4.45. The van der Waals surface area contributed by atoms with E-state index in [0.717, 1.165) is 4.47 Å². The number of halogens is 1. The summed E-state index contributed by atoms with van der Waals surface area (Å²) in [5.41, 5.74) is -1.43. The second-order valence-electron chi connectivity index (χ2n) is 6.12. The highest BCUT2D eigenvalue weighted by atomic mass is 79.9. The van der Waals surface area contributed by atoms with E-state index in [1.807, 2.05) is 0 Å². The number of aliphatic hydroxyl groups is 1. The minimum atomic E-state index is -0.816. The van der Waals surface area contributed by atoms with Crippen molar-refractivity contribution < 1.29 is 14.6 Å². The van der Waals surface area contributed by atoms with Crippen LogP contribution in [0.4, 0.5) is 10.6 Å². The monoisotopic (exact) mass is 344 g/mol. The fraction of sp³-hybridized carbons (Fsp3) is 0.571. The first-order chi connectivity index (χ1) is 9.07. The molecule has 1 amide bonds. The quantitative estimate of drug-likeness (QED) is 0.913. The minimum Gasteiger partial charge on any atom is -0.443 e. The van der Waals surface area contributed by atoms with Gasteiger partial charge in [-0.15, -0.1) is 0 Å². The summed E-state index contributed by atoms with van der Waals surface area (Å²) >= 11 is 3.30. The number of hydrogen-bond donors (Lipinski definition) is 1. The normalized spacial score (nSPS) is 12.2. The molecule has 0 spiro atoms. The number of aliphatic hydroxyl groups excluding tert-OH is 1. The molecule has 1 rings (SSSR count). The Bertz CT molecular complexity index is 466. The Morgan fingerprint density at radius 1 is 1.35 bits per heavy atom. The van der Waals surface area contributed by atoms with E-state index in [1.165, 1.54) is 4.90 Å². The lowest BCUT2D eigenvalue weighted by atomic mass is 10.0. The second kappa shape index (κ2) is 6.10. The number of amides is 1. The van der Waals surface area contributed by atoms with Gasteiger partial charge in [-0.2, -0.15) is 0 Å². The summed E-state index contributed by atoms with van der Waals surface area (Å²) < 4.78 is 6.21. The maximum atomic E-state index is 12.4. The Morgan fingerprint density at radius 3 is 2.35 bits per heavy atom. The zero-order chi connectivity index (χ0) is 15.6. The van der Waals surface area contributed by atoms with Gasteiger partial charge in [0.05, 0.1) is 12.1 Å². The molecule has 0 radical (unpaired) electrons. The van der Waals surface area contributed by atoms with E-state index in [4.69, 9.17) is 4.74 Å². The van der Waals surface area contributed by atoms with Gasteiger partial charge in [-0.25, -0.2) is 9.78 Å². The Labute approximate surface area is 128 Å². The first kappa shape index (κ1) is 16.9. The van der Waals surface area contributed by atoms with Crippen molar-refractivity contribution in [2.45, 2.75) is 45.8 Å². The summed E-state index contributed by atoms with van der Waals surface area (Å²) in [6.07, 6.45) is 1.06. The molecular weight excluding hydrogens is 324 g/mol. The molecular formula is C14H21BrN2O3. The Morgan fingerprint density at radius 2 is 1.95 bits per heavy atom. The molecule has 112 valence electrons. The standard InChI is InChI=1S/C14H21BrN2O3/c1-13(2,3)20-12(19)17(14(4,5)9-18)11-7-6-10(15)8-16-11/h6-8,18H,9H2,1-5H3. The lowest BCUT2D eigenvalue weighted by Gasteiger charge is -2.37. The molecule has 1 aromatic rings. The Balaban J connectivity index is 3.16. The molecule has 20 heavy (non-hydrogen) atoms. The smallest absolute Gasteiger partial charge is 0.416 e. The van der Waals surface area contributed by atoms with E-state index >= 15 is 0 Å². The largest absolute Gasteiger partial charge is 0.443 e. The van der Waals surface area contributed by atoms with E-state index in [-0.39, 0.29) is 6.61 Å². The van der Waals surface area contributed by atoms with Crippen molar-refractivity contribution in [3.05, 3.63) is 22.8 Å². The molecule has 0 saturated heterocycles. The van der Waals surface area contributed by atoms with Crippen LogP contribution < -0.4 is 4.90 Å². The van der Waals surface area contributed by atoms with Crippen molar-refractivity contribution in [2.24, 2.45) is 0 Å². The van der Waals surface area contributed by atoms with E-state index < -0.39 is 17.2 Å². The maximum absolute atomic E-state index is 12.4. The van der Waals surface area contributed by atoms with Crippen LogP contribution in [0.5, 0.6) is 0 Å². The maximum Gasteiger partial charge on any atom is 0.416 e. The van der Waals surface area contributed by atoms with Crippen LogP contribution in [-0.2, 0) is 4.74 Å². The van der Waals surface area contributed by atoms with Crippen molar-refractivity contribution in [1.82, 2.24) is 4.98 Å². The van der Waals surface area contributed by atoms with E-state index in [9.17, 15) is 9.90 Å². The molecule has 1 heterocycles. The van der Waals surface area contributed by atoms with Crippen molar-refractivity contribution in [1.29, 1.82) is 0 Å². The number of carbonyl (C=O) groups excluding carboxylic acids is 1. The van der Waals surface area contributed by atoms with Crippen molar-refractivity contribution in [2.75, 3.05) is 11.5 Å². The molecule has 0 bridgehead atoms. The number of ether oxygens (including phenoxy) is 1. The molecule has 0 atom stereocenters. The number of carbonyl (C=O) groups is 1. The van der Waals surface area contributed by atoms with Gasteiger partial charge in [0.25, 0.3) is 0 Å². The number of anilines is 1. The highest BCUT2D eigenvalue weighted by Crippen LogP contribution is 2.25. The van der Waals surface area contributed by atoms with Gasteiger partial charge < -0.3 is 9.84 Å². The molecule has 0 aliphatic rings. The minimum absolute atomic E-state index is 0.204. The molecule has 6 heteroatoms. The van der Waals surface area contributed by atoms with Crippen LogP contribution in [0.3, 0.4) is 0 Å². The SMILES string of the molecule is CC(C)(C)OC(=O)N(c1ccc(Br)cn1)C(C)(C)CO. The van der Waals surface area contributed by atoms with E-state index in [2.05, 4.69) is 20.9 Å². The summed E-state index contributed by atoms with van der Waals surface area (Å²) in [7, 11) is 0. The van der Waals surface area contributed by atoms with Crippen molar-refractivity contribution in [3.8, 4) is 0 Å². The van der Waals surface area contributed by atoms with Crippen LogP contribution in [0, 0.1) is 0 Å². The molecule has 0 fully saturated rings. The van der Waals surface area contributed by atoms with E-state index in [0.29, 0.717) is 5.82 Å². The van der Waals surface area contributed by atoms with E-state index in [1.54, 1.807) is 52.9 Å². The van der Waals surface area contributed by atoms with Gasteiger partial charge in [0, 0.05) is 10.7 Å². The highest BCUT2D eigenvalue weighted by Gasteiger charge is 2.35. The summed E-state index contributed by atoms with van der Waals surface area (Å²) in [6, 6.07) is 3.48. The third-order valence-electron chi connectivity index (χ3n) is 2.51. The predicted molar refractivity (Wildman–Crippen MR) is 81.8 cm³/mol. The average molecular weight is 345 g/mol. The number of hydrogen-bond acceptors (Lipinski definition) is 4. The van der Waals surface area contributed by atoms with Gasteiger partial charge in [-0.05, 0) is 62.7 Å². The zero-order valence-electron chi connectivity index (χ0n) is 12.5. The fourth-order valence-electron chi connectivity index (χ4n) is 1.53. The Kier molecular flexibility index (Phi) is 5.15. The predicted octanol–water partition coefficient (Wildman–Crippen LogP) is 3.36. The van der Waals surface area contributed by atoms with Crippen LogP contribution >= 0.6 is 15.9 Å². The van der Waals surface area contributed by atoms with Crippen LogP contribution in [0.2, 0.25) is 0 Å². The van der Waals surface area contributed by atoms with Crippen LogP contribution in [0.25, 0.3) is 0 Å². The number of rotatable bonds is 3. The van der Waals surface area contributed by atoms with Gasteiger partial charge >= 0.3 is 6.09 Å². The van der Waals surface area contributed by atoms with Crippen LogP contribution in [-0.4, -0.2) is 33.9 Å².